The van der Waals surface area contributed by atoms with Crippen LogP contribution >= 0.6 is 24.0 Å². The average Bonchev–Trinajstić information content (AvgIpc) is 3.07. The zero-order valence-corrected chi connectivity index (χ0v) is 16.8. The molecule has 130 valence electrons. The third-order valence-corrected chi connectivity index (χ3v) is 5.05. The minimum absolute atomic E-state index is 0. The molecule has 1 N–H and O–H groups in total. The number of oxazole rings is 1. The number of hydrogen-bond acceptors (Lipinski definition) is 3. The van der Waals surface area contributed by atoms with Crippen molar-refractivity contribution in [2.24, 2.45) is 16.8 Å². The molecule has 2 unspecified atom stereocenters. The normalized spacial score (nSPS) is 24.3. The van der Waals surface area contributed by atoms with Crippen molar-refractivity contribution in [3.8, 4) is 0 Å². The van der Waals surface area contributed by atoms with Gasteiger partial charge >= 0.3 is 0 Å². The van der Waals surface area contributed by atoms with Gasteiger partial charge in [-0.3, -0.25) is 0 Å². The molecule has 0 aromatic carbocycles. The first kappa shape index (κ1) is 18.5. The molecule has 0 radical (unpaired) electrons. The van der Waals surface area contributed by atoms with Gasteiger partial charge in [-0.05, 0) is 45.4 Å². The Hall–Kier alpha value is -0.790. The van der Waals surface area contributed by atoms with E-state index in [0.29, 0.717) is 12.4 Å². The number of guanidine groups is 1. The summed E-state index contributed by atoms with van der Waals surface area (Å²) >= 11 is 0. The quantitative estimate of drug-likeness (QED) is 0.452. The Labute approximate surface area is 156 Å². The number of fused-ring (bicyclic) bond motifs is 1. The second-order valence-corrected chi connectivity index (χ2v) is 6.63. The Morgan fingerprint density at radius 2 is 1.91 bits per heavy atom. The second-order valence-electron chi connectivity index (χ2n) is 6.63. The Kier molecular flexibility index (Phi) is 6.73. The second kappa shape index (κ2) is 8.35. The van der Waals surface area contributed by atoms with Gasteiger partial charge in [0.25, 0.3) is 0 Å². The monoisotopic (exact) mass is 432 g/mol. The molecular formula is C17H29IN4O. The van der Waals surface area contributed by atoms with Crippen LogP contribution in [0.4, 0.5) is 0 Å². The number of nitrogens with one attached hydrogen (secondary N) is 1. The highest BCUT2D eigenvalue weighted by Gasteiger charge is 2.35. The van der Waals surface area contributed by atoms with Crippen LogP contribution < -0.4 is 5.32 Å². The fourth-order valence-corrected chi connectivity index (χ4v) is 3.75. The standard InChI is InChI=1S/C17H28N4O.HI/c1-4-18-17(19-9-16-20-12(2)13(3)22-16)21-10-14-7-5-6-8-15(14)11-21;/h14-15H,4-11H2,1-3H3,(H,18,19);1H. The van der Waals surface area contributed by atoms with E-state index in [1.807, 2.05) is 13.8 Å². The van der Waals surface area contributed by atoms with E-state index in [1.54, 1.807) is 0 Å². The van der Waals surface area contributed by atoms with Gasteiger partial charge in [-0.1, -0.05) is 12.8 Å². The number of nitrogens with zero attached hydrogens (tertiary/aromatic N) is 3. The van der Waals surface area contributed by atoms with Crippen LogP contribution in [0.3, 0.4) is 0 Å². The van der Waals surface area contributed by atoms with E-state index in [0.717, 1.165) is 48.9 Å². The molecule has 5 nitrogen and oxygen atoms in total. The highest BCUT2D eigenvalue weighted by atomic mass is 127. The van der Waals surface area contributed by atoms with Gasteiger partial charge in [0.2, 0.25) is 5.89 Å². The van der Waals surface area contributed by atoms with Crippen molar-refractivity contribution in [1.29, 1.82) is 0 Å². The van der Waals surface area contributed by atoms with E-state index in [2.05, 4.69) is 22.1 Å². The molecule has 1 aromatic rings. The first-order valence-electron chi connectivity index (χ1n) is 8.63. The molecule has 2 aliphatic rings. The molecule has 3 rings (SSSR count). The van der Waals surface area contributed by atoms with Crippen molar-refractivity contribution < 1.29 is 4.42 Å². The van der Waals surface area contributed by atoms with Crippen LogP contribution in [0, 0.1) is 25.7 Å². The minimum atomic E-state index is 0. The van der Waals surface area contributed by atoms with Crippen LogP contribution in [0.5, 0.6) is 0 Å². The molecule has 2 atom stereocenters. The van der Waals surface area contributed by atoms with Crippen LogP contribution in [-0.4, -0.2) is 35.5 Å². The van der Waals surface area contributed by atoms with E-state index < -0.39 is 0 Å². The topological polar surface area (TPSA) is 53.7 Å². The molecule has 0 spiro atoms. The number of aliphatic imine (C=N–C) groups is 1. The molecule has 1 saturated carbocycles. The van der Waals surface area contributed by atoms with Crippen molar-refractivity contribution >= 4 is 29.9 Å². The van der Waals surface area contributed by atoms with Gasteiger partial charge in [-0.2, -0.15) is 0 Å². The summed E-state index contributed by atoms with van der Waals surface area (Å²) in [7, 11) is 0. The molecule has 0 amide bonds. The largest absolute Gasteiger partial charge is 0.444 e. The smallest absolute Gasteiger partial charge is 0.216 e. The maximum atomic E-state index is 5.64. The van der Waals surface area contributed by atoms with Crippen molar-refractivity contribution in [2.45, 2.75) is 53.0 Å². The van der Waals surface area contributed by atoms with Crippen molar-refractivity contribution in [1.82, 2.24) is 15.2 Å². The summed E-state index contributed by atoms with van der Waals surface area (Å²) in [6.45, 7) is 9.77. The van der Waals surface area contributed by atoms with Gasteiger partial charge in [0.05, 0.1) is 5.69 Å². The zero-order valence-electron chi connectivity index (χ0n) is 14.5. The highest BCUT2D eigenvalue weighted by Crippen LogP contribution is 2.35. The van der Waals surface area contributed by atoms with E-state index in [9.17, 15) is 0 Å². The van der Waals surface area contributed by atoms with E-state index in [-0.39, 0.29) is 24.0 Å². The van der Waals surface area contributed by atoms with Gasteiger partial charge in [0, 0.05) is 19.6 Å². The average molecular weight is 432 g/mol. The first-order valence-corrected chi connectivity index (χ1v) is 8.63. The van der Waals surface area contributed by atoms with E-state index in [1.165, 1.54) is 25.7 Å². The summed E-state index contributed by atoms with van der Waals surface area (Å²) in [6, 6.07) is 0. The number of hydrogen-bond donors (Lipinski definition) is 1. The molecule has 23 heavy (non-hydrogen) atoms. The molecule has 1 aliphatic carbocycles. The van der Waals surface area contributed by atoms with Crippen LogP contribution in [0.15, 0.2) is 9.41 Å². The lowest BCUT2D eigenvalue weighted by Crippen LogP contribution is -2.40. The predicted octanol–water partition coefficient (Wildman–Crippen LogP) is 3.50. The van der Waals surface area contributed by atoms with Gasteiger partial charge in [0.1, 0.15) is 12.3 Å². The minimum Gasteiger partial charge on any atom is -0.444 e. The number of likely N-dealkylation sites (tertiary alicyclic amines) is 1. The van der Waals surface area contributed by atoms with E-state index >= 15 is 0 Å². The number of aromatic nitrogens is 1. The molecule has 2 heterocycles. The SMILES string of the molecule is CCNC(=NCc1nc(C)c(C)o1)N1CC2CCCCC2C1.I. The van der Waals surface area contributed by atoms with Gasteiger partial charge in [0.15, 0.2) is 5.96 Å². The Balaban J connectivity index is 0.00000192. The fraction of sp³-hybridized carbons (Fsp3) is 0.765. The zero-order chi connectivity index (χ0) is 15.5. The summed E-state index contributed by atoms with van der Waals surface area (Å²) in [4.78, 5) is 11.6. The summed E-state index contributed by atoms with van der Waals surface area (Å²) < 4.78 is 5.64. The van der Waals surface area contributed by atoms with Crippen molar-refractivity contribution in [3.63, 3.8) is 0 Å². The summed E-state index contributed by atoms with van der Waals surface area (Å²) in [6.07, 6.45) is 5.58. The van der Waals surface area contributed by atoms with Gasteiger partial charge in [-0.15, -0.1) is 24.0 Å². The predicted molar refractivity (Wildman–Crippen MR) is 103 cm³/mol. The Morgan fingerprint density at radius 3 is 2.43 bits per heavy atom. The third-order valence-electron chi connectivity index (χ3n) is 5.05. The molecular weight excluding hydrogens is 403 g/mol. The summed E-state index contributed by atoms with van der Waals surface area (Å²) in [5, 5.41) is 3.43. The van der Waals surface area contributed by atoms with Gasteiger partial charge < -0.3 is 14.6 Å². The van der Waals surface area contributed by atoms with Crippen LogP contribution in [0.1, 0.15) is 50.0 Å². The van der Waals surface area contributed by atoms with Gasteiger partial charge in [-0.25, -0.2) is 9.98 Å². The molecule has 1 aliphatic heterocycles. The highest BCUT2D eigenvalue weighted by molar-refractivity contribution is 14.0. The summed E-state index contributed by atoms with van der Waals surface area (Å²) in [5.41, 5.74) is 0.961. The number of aryl methyl sites for hydroxylation is 2. The van der Waals surface area contributed by atoms with Crippen LogP contribution in [0.25, 0.3) is 0 Å². The lowest BCUT2D eigenvalue weighted by Gasteiger charge is -2.22. The fourth-order valence-electron chi connectivity index (χ4n) is 3.75. The molecule has 6 heteroatoms. The van der Waals surface area contributed by atoms with Crippen molar-refractivity contribution in [3.05, 3.63) is 17.3 Å². The molecule has 0 bridgehead atoms. The first-order chi connectivity index (χ1) is 10.7. The Bertz CT molecular complexity index is 509. The third kappa shape index (κ3) is 4.39. The molecule has 1 aromatic heterocycles. The number of rotatable bonds is 3. The molecule has 2 fully saturated rings. The Morgan fingerprint density at radius 1 is 1.26 bits per heavy atom. The van der Waals surface area contributed by atoms with Crippen LogP contribution in [-0.2, 0) is 6.54 Å². The van der Waals surface area contributed by atoms with Crippen LogP contribution in [0.2, 0.25) is 0 Å². The maximum Gasteiger partial charge on any atom is 0.216 e. The lowest BCUT2D eigenvalue weighted by molar-refractivity contribution is 0.299. The summed E-state index contributed by atoms with van der Waals surface area (Å²) in [5.74, 6) is 4.35. The molecule has 1 saturated heterocycles. The van der Waals surface area contributed by atoms with Crippen molar-refractivity contribution in [2.75, 3.05) is 19.6 Å². The number of halogens is 1. The van der Waals surface area contributed by atoms with E-state index in [4.69, 9.17) is 9.41 Å². The lowest BCUT2D eigenvalue weighted by atomic mass is 9.82. The maximum absolute atomic E-state index is 5.64.